The number of phenols is 1. The van der Waals surface area contributed by atoms with Crippen LogP contribution in [0.25, 0.3) is 0 Å². The van der Waals surface area contributed by atoms with E-state index < -0.39 is 0 Å². The number of halogens is 1. The van der Waals surface area contributed by atoms with Crippen LogP contribution in [0, 0.1) is 6.92 Å². The number of aromatic hydroxyl groups is 1. The number of benzene rings is 1. The summed E-state index contributed by atoms with van der Waals surface area (Å²) in [6.45, 7) is 2.03. The Labute approximate surface area is 90.6 Å². The Balaban J connectivity index is 3.28. The molecule has 0 amide bonds. The van der Waals surface area contributed by atoms with Crippen LogP contribution in [0.2, 0.25) is 0 Å². The van der Waals surface area contributed by atoms with Crippen LogP contribution in [0.5, 0.6) is 11.5 Å². The molecule has 1 aromatic rings. The zero-order valence-corrected chi connectivity index (χ0v) is 9.55. The van der Waals surface area contributed by atoms with Crippen LogP contribution in [-0.4, -0.2) is 17.4 Å². The number of aryl methyl sites for hydroxylation is 1. The van der Waals surface area contributed by atoms with Gasteiger partial charge < -0.3 is 15.1 Å². The maximum atomic E-state index is 9.78. The highest BCUT2D eigenvalue weighted by molar-refractivity contribution is 9.10. The predicted octanol–water partition coefficient (Wildman–Crippen LogP) is 1.95. The molecule has 0 saturated carbocycles. The molecule has 1 aromatic carbocycles. The first-order valence-electron chi connectivity index (χ1n) is 4.03. The van der Waals surface area contributed by atoms with Gasteiger partial charge in [-0.15, -0.1) is 0 Å². The summed E-state index contributed by atoms with van der Waals surface area (Å²) in [4.78, 5) is 0. The quantitative estimate of drug-likeness (QED) is 0.728. The minimum Gasteiger partial charge on any atom is -0.504 e. The zero-order chi connectivity index (χ0) is 10.7. The Morgan fingerprint density at radius 1 is 1.57 bits per heavy atom. The average Bonchev–Trinajstić information content (AvgIpc) is 2.12. The van der Waals surface area contributed by atoms with E-state index in [1.165, 1.54) is 7.11 Å². The molecule has 0 unspecified atom stereocenters. The largest absolute Gasteiger partial charge is 0.504 e. The first-order valence-corrected chi connectivity index (χ1v) is 4.83. The highest BCUT2D eigenvalue weighted by atomic mass is 79.9. The van der Waals surface area contributed by atoms with Gasteiger partial charge in [0.25, 0.3) is 0 Å². The van der Waals surface area contributed by atoms with Gasteiger partial charge in [-0.3, -0.25) is 0 Å². The molecular formula is C9H12BrNO3. The summed E-state index contributed by atoms with van der Waals surface area (Å²) in [6.07, 6.45) is 0. The van der Waals surface area contributed by atoms with Crippen LogP contribution < -0.4 is 10.2 Å². The van der Waals surface area contributed by atoms with Gasteiger partial charge >= 0.3 is 0 Å². The van der Waals surface area contributed by atoms with Crippen molar-refractivity contribution >= 4 is 15.9 Å². The molecule has 3 N–H and O–H groups in total. The van der Waals surface area contributed by atoms with E-state index in [9.17, 15) is 5.11 Å². The molecule has 0 heterocycles. The molecular weight excluding hydrogens is 250 g/mol. The molecule has 4 nitrogen and oxygen atoms in total. The van der Waals surface area contributed by atoms with Crippen molar-refractivity contribution in [2.45, 2.75) is 13.5 Å². The smallest absolute Gasteiger partial charge is 0.175 e. The highest BCUT2D eigenvalue weighted by Gasteiger charge is 2.14. The predicted molar refractivity (Wildman–Crippen MR) is 55.7 cm³/mol. The molecule has 0 atom stereocenters. The first kappa shape index (κ1) is 11.3. The summed E-state index contributed by atoms with van der Waals surface area (Å²) in [5, 5.41) is 18.4. The van der Waals surface area contributed by atoms with Crippen LogP contribution in [0.1, 0.15) is 11.1 Å². The van der Waals surface area contributed by atoms with E-state index in [0.29, 0.717) is 15.8 Å². The number of ether oxygens (including phenoxy) is 1. The van der Waals surface area contributed by atoms with Gasteiger partial charge in [0.15, 0.2) is 11.5 Å². The Hall–Kier alpha value is -0.780. The summed E-state index contributed by atoms with van der Waals surface area (Å²) in [7, 11) is 1.48. The standard InChI is InChI=1S/C9H12BrNO3/c1-5-3-7(10)9(14-2)8(12)6(5)4-11-13/h3,11-13H,4H2,1-2H3. The Bertz CT molecular complexity index is 341. The number of hydroxylamine groups is 1. The topological polar surface area (TPSA) is 61.7 Å². The maximum absolute atomic E-state index is 9.78. The van der Waals surface area contributed by atoms with Crippen molar-refractivity contribution < 1.29 is 15.1 Å². The van der Waals surface area contributed by atoms with Crippen LogP contribution in [0.3, 0.4) is 0 Å². The number of methoxy groups -OCH3 is 1. The minimum absolute atomic E-state index is 0.0425. The monoisotopic (exact) mass is 261 g/mol. The molecule has 0 aliphatic heterocycles. The zero-order valence-electron chi connectivity index (χ0n) is 7.97. The molecule has 0 spiro atoms. The molecule has 0 aliphatic carbocycles. The van der Waals surface area contributed by atoms with Gasteiger partial charge in [0.2, 0.25) is 0 Å². The van der Waals surface area contributed by atoms with Crippen LogP contribution >= 0.6 is 15.9 Å². The first-order chi connectivity index (χ1) is 6.61. The Kier molecular flexibility index (Phi) is 3.74. The lowest BCUT2D eigenvalue weighted by Crippen LogP contribution is -2.08. The van der Waals surface area contributed by atoms with Crippen molar-refractivity contribution in [3.05, 3.63) is 21.7 Å². The fraction of sp³-hybridized carbons (Fsp3) is 0.333. The highest BCUT2D eigenvalue weighted by Crippen LogP contribution is 2.38. The third-order valence-corrected chi connectivity index (χ3v) is 2.59. The van der Waals surface area contributed by atoms with Crippen molar-refractivity contribution in [1.82, 2.24) is 5.48 Å². The number of phenolic OH excluding ortho intramolecular Hbond substituents is 1. The van der Waals surface area contributed by atoms with Crippen LogP contribution in [0.15, 0.2) is 10.5 Å². The molecule has 14 heavy (non-hydrogen) atoms. The molecule has 0 radical (unpaired) electrons. The lowest BCUT2D eigenvalue weighted by Gasteiger charge is -2.12. The SMILES string of the molecule is COc1c(Br)cc(C)c(CNO)c1O. The van der Waals surface area contributed by atoms with E-state index in [2.05, 4.69) is 15.9 Å². The van der Waals surface area contributed by atoms with Gasteiger partial charge in [-0.1, -0.05) is 0 Å². The number of nitrogens with one attached hydrogen (secondary N) is 1. The van der Waals surface area contributed by atoms with E-state index >= 15 is 0 Å². The normalized spacial score (nSPS) is 10.3. The lowest BCUT2D eigenvalue weighted by atomic mass is 10.1. The van der Waals surface area contributed by atoms with Crippen molar-refractivity contribution in [2.75, 3.05) is 7.11 Å². The molecule has 0 bridgehead atoms. The van der Waals surface area contributed by atoms with Crippen LogP contribution in [0.4, 0.5) is 0 Å². The third-order valence-electron chi connectivity index (χ3n) is 2.00. The molecule has 0 aromatic heterocycles. The fourth-order valence-electron chi connectivity index (χ4n) is 1.28. The summed E-state index contributed by atoms with van der Waals surface area (Å²) in [5.41, 5.74) is 3.50. The number of rotatable bonds is 3. The minimum atomic E-state index is 0.0425. The molecule has 78 valence electrons. The molecule has 0 saturated heterocycles. The molecule has 0 aliphatic rings. The molecule has 0 fully saturated rings. The molecule has 5 heteroatoms. The fourth-order valence-corrected chi connectivity index (χ4v) is 1.97. The van der Waals surface area contributed by atoms with E-state index in [0.717, 1.165) is 5.56 Å². The second-order valence-corrected chi connectivity index (χ2v) is 3.72. The summed E-state index contributed by atoms with van der Waals surface area (Å²) in [5.74, 6) is 0.418. The van der Waals surface area contributed by atoms with Gasteiger partial charge in [0, 0.05) is 12.1 Å². The number of hydrogen-bond donors (Lipinski definition) is 3. The van der Waals surface area contributed by atoms with Crippen molar-refractivity contribution in [2.24, 2.45) is 0 Å². The van der Waals surface area contributed by atoms with Gasteiger partial charge in [-0.05, 0) is 34.5 Å². The second kappa shape index (κ2) is 4.63. The van der Waals surface area contributed by atoms with Gasteiger partial charge in [0.05, 0.1) is 11.6 Å². The van der Waals surface area contributed by atoms with E-state index in [4.69, 9.17) is 9.94 Å². The summed E-state index contributed by atoms with van der Waals surface area (Å²) < 4.78 is 5.70. The van der Waals surface area contributed by atoms with E-state index in [1.54, 1.807) is 0 Å². The Morgan fingerprint density at radius 3 is 2.71 bits per heavy atom. The summed E-state index contributed by atoms with van der Waals surface area (Å²) in [6, 6.07) is 1.82. The lowest BCUT2D eigenvalue weighted by molar-refractivity contribution is 0.159. The Morgan fingerprint density at radius 2 is 2.21 bits per heavy atom. The van der Waals surface area contributed by atoms with Crippen molar-refractivity contribution in [3.8, 4) is 11.5 Å². The van der Waals surface area contributed by atoms with Crippen LogP contribution in [-0.2, 0) is 6.54 Å². The van der Waals surface area contributed by atoms with Gasteiger partial charge in [-0.2, -0.15) is 0 Å². The van der Waals surface area contributed by atoms with Crippen molar-refractivity contribution in [3.63, 3.8) is 0 Å². The van der Waals surface area contributed by atoms with E-state index in [1.807, 2.05) is 18.5 Å². The van der Waals surface area contributed by atoms with Crippen molar-refractivity contribution in [1.29, 1.82) is 0 Å². The summed E-state index contributed by atoms with van der Waals surface area (Å²) >= 11 is 3.28. The maximum Gasteiger partial charge on any atom is 0.175 e. The van der Waals surface area contributed by atoms with Gasteiger partial charge in [-0.25, -0.2) is 5.48 Å². The number of hydrogen-bond acceptors (Lipinski definition) is 4. The van der Waals surface area contributed by atoms with Gasteiger partial charge in [0.1, 0.15) is 0 Å². The average molecular weight is 262 g/mol. The van der Waals surface area contributed by atoms with E-state index in [-0.39, 0.29) is 12.3 Å². The molecule has 1 rings (SSSR count). The second-order valence-electron chi connectivity index (χ2n) is 2.87. The third kappa shape index (κ3) is 2.00.